The van der Waals surface area contributed by atoms with Crippen LogP contribution in [0.1, 0.15) is 107 Å². The zero-order chi connectivity index (χ0) is 47.3. The van der Waals surface area contributed by atoms with E-state index >= 15 is 0 Å². The third kappa shape index (κ3) is 9.17. The Labute approximate surface area is 400 Å². The minimum Gasteiger partial charge on any atom is -0.464 e. The van der Waals surface area contributed by atoms with E-state index in [0.717, 1.165) is 70.6 Å². The second kappa shape index (κ2) is 19.3. The molecule has 0 spiro atoms. The predicted molar refractivity (Wildman–Crippen MR) is 258 cm³/mol. The number of pyridine rings is 1. The molecule has 0 unspecified atom stereocenters. The molecule has 0 radical (unpaired) electrons. The highest BCUT2D eigenvalue weighted by molar-refractivity contribution is 5.96. The number of amides is 2. The zero-order valence-corrected chi connectivity index (χ0v) is 40.8. The molecule has 5 atom stereocenters. The number of allylic oxidation sites excluding steroid dienone is 1. The van der Waals surface area contributed by atoms with Gasteiger partial charge in [-0.25, -0.2) is 5.43 Å². The average molecular weight is 935 g/mol. The average Bonchev–Trinajstić information content (AvgIpc) is 4.20. The van der Waals surface area contributed by atoms with Crippen LogP contribution in [0.3, 0.4) is 0 Å². The lowest BCUT2D eigenvalue weighted by Crippen LogP contribution is -2.66. The van der Waals surface area contributed by atoms with Crippen molar-refractivity contribution < 1.29 is 38.1 Å². The molecule has 68 heavy (non-hydrogen) atoms. The van der Waals surface area contributed by atoms with Gasteiger partial charge in [0.1, 0.15) is 17.7 Å². The van der Waals surface area contributed by atoms with Gasteiger partial charge in [-0.1, -0.05) is 26.0 Å². The van der Waals surface area contributed by atoms with Gasteiger partial charge < -0.3 is 38.5 Å². The molecule has 6 saturated heterocycles. The molecule has 1 saturated carbocycles. The maximum absolute atomic E-state index is 14.5. The van der Waals surface area contributed by atoms with Crippen LogP contribution in [0.5, 0.6) is 0 Å². The SMILES string of the molecule is CO[C@@H](C)c1ncc([C@H]2CCN(C)C2)cc1-c1c(CC(C)(C)COC(=O)[C@@H]2CCCN(C(=O)[C@@H](NC(=O)C34CC(CO3)C4)[C@@H](C)N3CCOCC3)N2)c2cc(C3=CCC=N3)ccc2n1C1COC1. The van der Waals surface area contributed by atoms with Gasteiger partial charge in [-0.05, 0) is 107 Å². The lowest BCUT2D eigenvalue weighted by molar-refractivity contribution is -0.157. The monoisotopic (exact) mass is 935 g/mol. The fourth-order valence-corrected chi connectivity index (χ4v) is 11.5. The van der Waals surface area contributed by atoms with Crippen molar-refractivity contribution in [3.05, 3.63) is 58.9 Å². The summed E-state index contributed by atoms with van der Waals surface area (Å²) in [4.78, 5) is 56.9. The first kappa shape index (κ1) is 47.1. The van der Waals surface area contributed by atoms with Crippen LogP contribution >= 0.6 is 0 Å². The highest BCUT2D eigenvalue weighted by atomic mass is 16.5. The number of methoxy groups -OCH3 is 1. The molecule has 2 aromatic heterocycles. The number of carbonyl (C=O) groups is 3. The Hall–Kier alpha value is -4.55. The van der Waals surface area contributed by atoms with Gasteiger partial charge in [0.2, 0.25) is 0 Å². The van der Waals surface area contributed by atoms with Crippen LogP contribution < -0.4 is 10.7 Å². The van der Waals surface area contributed by atoms with Gasteiger partial charge in [-0.15, -0.1) is 0 Å². The van der Waals surface area contributed by atoms with Crippen molar-refractivity contribution in [2.75, 3.05) is 86.5 Å². The predicted octanol–water partition coefficient (Wildman–Crippen LogP) is 5.21. The number of nitrogens with one attached hydrogen (secondary N) is 2. The highest BCUT2D eigenvalue weighted by Gasteiger charge is 2.58. The van der Waals surface area contributed by atoms with Crippen LogP contribution in [0.25, 0.3) is 27.9 Å². The number of aromatic nitrogens is 2. The van der Waals surface area contributed by atoms with Crippen molar-refractivity contribution in [3.63, 3.8) is 0 Å². The number of benzene rings is 1. The van der Waals surface area contributed by atoms with E-state index in [2.05, 4.69) is 83.3 Å². The Balaban J connectivity index is 0.924. The Morgan fingerprint density at radius 1 is 1.03 bits per heavy atom. The lowest BCUT2D eigenvalue weighted by Gasteiger charge is -2.42. The Morgan fingerprint density at radius 2 is 1.84 bits per heavy atom. The zero-order valence-electron chi connectivity index (χ0n) is 40.8. The van der Waals surface area contributed by atoms with Crippen LogP contribution in [-0.4, -0.2) is 159 Å². The number of esters is 1. The van der Waals surface area contributed by atoms with Gasteiger partial charge in [-0.2, -0.15) is 0 Å². The van der Waals surface area contributed by atoms with E-state index in [-0.39, 0.29) is 36.6 Å². The van der Waals surface area contributed by atoms with Gasteiger partial charge in [0.05, 0.1) is 68.9 Å². The van der Waals surface area contributed by atoms with E-state index in [0.29, 0.717) is 96.6 Å². The van der Waals surface area contributed by atoms with Crippen LogP contribution in [-0.2, 0) is 44.5 Å². The maximum atomic E-state index is 14.5. The fourth-order valence-electron chi connectivity index (χ4n) is 11.5. The number of ether oxygens (including phenoxy) is 5. The van der Waals surface area contributed by atoms with E-state index < -0.39 is 29.1 Å². The summed E-state index contributed by atoms with van der Waals surface area (Å²) in [6.45, 7) is 15.1. The molecular weight excluding hydrogens is 865 g/mol. The van der Waals surface area contributed by atoms with Crippen molar-refractivity contribution in [3.8, 4) is 11.3 Å². The molecule has 2 N–H and O–H groups in total. The first-order valence-corrected chi connectivity index (χ1v) is 25.0. The molecule has 1 aliphatic carbocycles. The molecule has 2 amide bonds. The Bertz CT molecular complexity index is 2450. The molecule has 1 aromatic carbocycles. The molecule has 7 aliphatic heterocycles. The number of hydrogen-bond acceptors (Lipinski definition) is 13. The topological polar surface area (TPSA) is 161 Å². The minimum atomic E-state index is -0.855. The molecule has 8 aliphatic rings. The van der Waals surface area contributed by atoms with Crippen molar-refractivity contribution in [2.24, 2.45) is 16.3 Å². The third-order valence-corrected chi connectivity index (χ3v) is 15.7. The van der Waals surface area contributed by atoms with Crippen LogP contribution in [0.4, 0.5) is 0 Å². The molecule has 11 rings (SSSR count). The number of carbonyl (C=O) groups excluding carboxylic acids is 3. The first-order chi connectivity index (χ1) is 32.8. The summed E-state index contributed by atoms with van der Waals surface area (Å²) >= 11 is 0. The number of likely N-dealkylation sites (tertiary alicyclic amines) is 1. The molecule has 9 heterocycles. The fraction of sp³-hybridized carbons (Fsp3) is 0.635. The molecule has 2 bridgehead atoms. The van der Waals surface area contributed by atoms with Crippen LogP contribution in [0, 0.1) is 11.3 Å². The third-order valence-electron chi connectivity index (χ3n) is 15.7. The summed E-state index contributed by atoms with van der Waals surface area (Å²) in [5.41, 5.74) is 10.4. The number of hydrazine groups is 1. The molecular formula is C52H70N8O8. The van der Waals surface area contributed by atoms with Gasteiger partial charge in [0, 0.05) is 85.6 Å². The molecule has 3 aromatic rings. The number of aliphatic imine (C=N–C) groups is 1. The van der Waals surface area contributed by atoms with Gasteiger partial charge in [0.15, 0.2) is 0 Å². The van der Waals surface area contributed by atoms with Crippen LogP contribution in [0.15, 0.2) is 41.5 Å². The van der Waals surface area contributed by atoms with E-state index in [1.165, 1.54) is 10.6 Å². The largest absolute Gasteiger partial charge is 0.464 e. The summed E-state index contributed by atoms with van der Waals surface area (Å²) in [6.07, 6.45) is 10.8. The second-order valence-electron chi connectivity index (χ2n) is 21.3. The molecule has 366 valence electrons. The van der Waals surface area contributed by atoms with Crippen molar-refractivity contribution in [1.82, 2.24) is 35.1 Å². The normalized spacial score (nSPS) is 26.9. The molecule has 7 fully saturated rings. The van der Waals surface area contributed by atoms with Crippen molar-refractivity contribution >= 4 is 40.6 Å². The summed E-state index contributed by atoms with van der Waals surface area (Å²) in [6, 6.07) is 7.28. The van der Waals surface area contributed by atoms with Gasteiger partial charge >= 0.3 is 5.97 Å². The molecule has 16 heteroatoms. The number of hydrogen-bond donors (Lipinski definition) is 2. The number of morpholine rings is 1. The standard InChI is InChI=1S/C52H70N8O8/c1-32(58-17-19-65-20-18-58)45(55-50(63)52-23-34(24-52)28-68-52)48(61)59-15-8-10-43(56-59)49(62)67-31-51(3,4)25-41-39-21-35(42-9-7-14-53-42)11-12-44(39)60(38-29-66-30-38)47(41)40-22-37(36-13-16-57(5)27-36)26-54-46(40)33(2)64-6/h9,11-12,14,21-22,26,32-34,36,38,43,45,56H,7-8,10,13,15-20,23-25,27-31H2,1-6H3,(H,55,63)/t32-,33+,34?,36+,43+,45+,52?/m1/s1. The van der Waals surface area contributed by atoms with E-state index in [1.807, 2.05) is 19.3 Å². The summed E-state index contributed by atoms with van der Waals surface area (Å²) in [5.74, 6) is -0.151. The van der Waals surface area contributed by atoms with Crippen LogP contribution in [0.2, 0.25) is 0 Å². The van der Waals surface area contributed by atoms with E-state index in [1.54, 1.807) is 7.11 Å². The van der Waals surface area contributed by atoms with Gasteiger partial charge in [0.25, 0.3) is 11.8 Å². The second-order valence-corrected chi connectivity index (χ2v) is 21.3. The lowest BCUT2D eigenvalue weighted by atomic mass is 9.74. The number of likely N-dealkylation sites (N-methyl/N-ethyl adjacent to an activating group) is 1. The molecule has 16 nitrogen and oxygen atoms in total. The summed E-state index contributed by atoms with van der Waals surface area (Å²) < 4.78 is 32.2. The number of fused-ring (bicyclic) bond motifs is 2. The van der Waals surface area contributed by atoms with E-state index in [4.69, 9.17) is 33.7 Å². The van der Waals surface area contributed by atoms with Gasteiger partial charge in [-0.3, -0.25) is 34.3 Å². The number of nitrogens with zero attached hydrogens (tertiary/aromatic N) is 6. The summed E-state index contributed by atoms with van der Waals surface area (Å²) in [7, 11) is 3.91. The Kier molecular flexibility index (Phi) is 13.4. The smallest absolute Gasteiger partial charge is 0.324 e. The van der Waals surface area contributed by atoms with Crippen molar-refractivity contribution in [1.29, 1.82) is 0 Å². The highest BCUT2D eigenvalue weighted by Crippen LogP contribution is 2.49. The summed E-state index contributed by atoms with van der Waals surface area (Å²) in [5, 5.41) is 5.76. The quantitative estimate of drug-likeness (QED) is 0.181. The maximum Gasteiger partial charge on any atom is 0.324 e. The van der Waals surface area contributed by atoms with Crippen molar-refractivity contribution in [2.45, 2.75) is 114 Å². The minimum absolute atomic E-state index is 0.123. The first-order valence-electron chi connectivity index (χ1n) is 25.0. The van der Waals surface area contributed by atoms with E-state index in [9.17, 15) is 14.4 Å². The Morgan fingerprint density at radius 3 is 2.51 bits per heavy atom. The number of rotatable bonds is 16.